The molecule has 0 bridgehead atoms. The molecule has 35 heavy (non-hydrogen) atoms. The van der Waals surface area contributed by atoms with Crippen molar-refractivity contribution in [1.82, 2.24) is 14.7 Å². The molecule has 2 aliphatic carbocycles. The Morgan fingerprint density at radius 3 is 2.63 bits per heavy atom. The molecule has 6 nitrogen and oxygen atoms in total. The van der Waals surface area contributed by atoms with E-state index in [0.29, 0.717) is 43.5 Å². The number of amides is 1. The summed E-state index contributed by atoms with van der Waals surface area (Å²) in [5.74, 6) is 1.41. The lowest BCUT2D eigenvalue weighted by Crippen LogP contribution is -2.30. The van der Waals surface area contributed by atoms with E-state index in [1.54, 1.807) is 4.90 Å². The van der Waals surface area contributed by atoms with Crippen LogP contribution in [0.3, 0.4) is 0 Å². The average Bonchev–Trinajstić information content (AvgIpc) is 3.58. The van der Waals surface area contributed by atoms with Crippen LogP contribution in [0.25, 0.3) is 0 Å². The van der Waals surface area contributed by atoms with Gasteiger partial charge in [0.05, 0.1) is 12.6 Å². The summed E-state index contributed by atoms with van der Waals surface area (Å²) in [6.45, 7) is 5.67. The van der Waals surface area contributed by atoms with Gasteiger partial charge in [0, 0.05) is 30.8 Å². The molecule has 0 spiro atoms. The summed E-state index contributed by atoms with van der Waals surface area (Å²) in [5, 5.41) is 14.4. The molecule has 2 fully saturated rings. The smallest absolute Gasteiger partial charge is 0.274 e. The van der Waals surface area contributed by atoms with Crippen LogP contribution in [0.1, 0.15) is 95.7 Å². The van der Waals surface area contributed by atoms with E-state index in [2.05, 4.69) is 37.1 Å². The maximum atomic E-state index is 13.0. The highest BCUT2D eigenvalue weighted by Gasteiger charge is 2.32. The van der Waals surface area contributed by atoms with Gasteiger partial charge in [0.25, 0.3) is 5.91 Å². The fourth-order valence-corrected chi connectivity index (χ4v) is 6.48. The largest absolute Gasteiger partial charge is 0.391 e. The SMILES string of the molecule is Cc1cccc(C2CCC(CCC(=O)Cn3nc(C(=O)N4CCC(O)C4)c4c3CCC4)CC2)c1C. The zero-order valence-electron chi connectivity index (χ0n) is 21.3. The number of carbonyl (C=O) groups is 2. The maximum Gasteiger partial charge on any atom is 0.274 e. The number of aliphatic hydroxyl groups is 1. The lowest BCUT2D eigenvalue weighted by atomic mass is 9.75. The molecule has 1 amide bonds. The number of hydrogen-bond donors (Lipinski definition) is 1. The summed E-state index contributed by atoms with van der Waals surface area (Å²) in [7, 11) is 0. The molecule has 188 valence electrons. The Hall–Kier alpha value is -2.47. The van der Waals surface area contributed by atoms with Gasteiger partial charge in [0.1, 0.15) is 0 Å². The molecule has 1 atom stereocenters. The summed E-state index contributed by atoms with van der Waals surface area (Å²) >= 11 is 0. The van der Waals surface area contributed by atoms with E-state index in [1.807, 2.05) is 4.68 Å². The Bertz CT molecular complexity index is 1100. The number of fused-ring (bicyclic) bond motifs is 1. The van der Waals surface area contributed by atoms with Crippen molar-refractivity contribution < 1.29 is 14.7 Å². The maximum absolute atomic E-state index is 13.0. The van der Waals surface area contributed by atoms with Gasteiger partial charge in [-0.1, -0.05) is 18.2 Å². The highest BCUT2D eigenvalue weighted by Crippen LogP contribution is 2.39. The molecule has 2 aromatic rings. The topological polar surface area (TPSA) is 75.4 Å². The van der Waals surface area contributed by atoms with Crippen molar-refractivity contribution in [2.75, 3.05) is 13.1 Å². The minimum atomic E-state index is -0.438. The molecule has 1 aromatic carbocycles. The van der Waals surface area contributed by atoms with Crippen molar-refractivity contribution in [3.8, 4) is 0 Å². The number of aromatic nitrogens is 2. The van der Waals surface area contributed by atoms with Gasteiger partial charge >= 0.3 is 0 Å². The number of Topliss-reactive ketones (excluding diaryl/α,β-unsaturated/α-hetero) is 1. The number of ketones is 1. The molecule has 5 rings (SSSR count). The van der Waals surface area contributed by atoms with Crippen LogP contribution in [0.5, 0.6) is 0 Å². The second-order valence-electron chi connectivity index (χ2n) is 11.1. The minimum absolute atomic E-state index is 0.0912. The van der Waals surface area contributed by atoms with Crippen LogP contribution in [0.4, 0.5) is 0 Å². The van der Waals surface area contributed by atoms with Crippen LogP contribution in [0.15, 0.2) is 18.2 Å². The highest BCUT2D eigenvalue weighted by atomic mass is 16.3. The molecule has 1 unspecified atom stereocenters. The van der Waals surface area contributed by atoms with E-state index in [4.69, 9.17) is 0 Å². The Labute approximate surface area is 208 Å². The van der Waals surface area contributed by atoms with Gasteiger partial charge in [0.2, 0.25) is 0 Å². The van der Waals surface area contributed by atoms with E-state index >= 15 is 0 Å². The Kier molecular flexibility index (Phi) is 7.10. The third kappa shape index (κ3) is 5.09. The zero-order chi connectivity index (χ0) is 24.5. The summed E-state index contributed by atoms with van der Waals surface area (Å²) in [6, 6.07) is 6.67. The molecule has 1 N–H and O–H groups in total. The molecule has 2 heterocycles. The van der Waals surface area contributed by atoms with Crippen LogP contribution >= 0.6 is 0 Å². The minimum Gasteiger partial charge on any atom is -0.391 e. The summed E-state index contributed by atoms with van der Waals surface area (Å²) in [5.41, 5.74) is 6.93. The van der Waals surface area contributed by atoms with E-state index < -0.39 is 6.10 Å². The number of β-amino-alcohol motifs (C(OH)–C–C–N with tert-alkyl or cyclic N) is 1. The number of likely N-dealkylation sites (tertiary alicyclic amines) is 1. The average molecular weight is 478 g/mol. The number of nitrogens with zero attached hydrogens (tertiary/aromatic N) is 3. The van der Waals surface area contributed by atoms with Crippen molar-refractivity contribution >= 4 is 11.7 Å². The van der Waals surface area contributed by atoms with Crippen molar-refractivity contribution in [3.63, 3.8) is 0 Å². The quantitative estimate of drug-likeness (QED) is 0.636. The Balaban J connectivity index is 1.14. The predicted molar refractivity (Wildman–Crippen MR) is 136 cm³/mol. The van der Waals surface area contributed by atoms with Crippen LogP contribution in [-0.2, 0) is 24.2 Å². The van der Waals surface area contributed by atoms with Crippen LogP contribution in [-0.4, -0.2) is 50.7 Å². The van der Waals surface area contributed by atoms with Gasteiger partial charge in [-0.05, 0) is 100 Å². The third-order valence-electron chi connectivity index (χ3n) is 8.75. The molecular weight excluding hydrogens is 438 g/mol. The van der Waals surface area contributed by atoms with Gasteiger partial charge < -0.3 is 10.0 Å². The summed E-state index contributed by atoms with van der Waals surface area (Å²) in [6.07, 6.45) is 9.30. The van der Waals surface area contributed by atoms with Gasteiger partial charge in [-0.15, -0.1) is 0 Å². The molecule has 1 saturated carbocycles. The lowest BCUT2D eigenvalue weighted by molar-refractivity contribution is -0.120. The fourth-order valence-electron chi connectivity index (χ4n) is 6.48. The normalized spacial score (nSPS) is 24.1. The number of hydrogen-bond acceptors (Lipinski definition) is 4. The number of carbonyl (C=O) groups excluding carboxylic acids is 2. The van der Waals surface area contributed by atoms with E-state index in [9.17, 15) is 14.7 Å². The number of benzene rings is 1. The molecule has 1 aromatic heterocycles. The molecule has 6 heteroatoms. The number of aryl methyl sites for hydroxylation is 1. The second-order valence-corrected chi connectivity index (χ2v) is 11.1. The first-order valence-electron chi connectivity index (χ1n) is 13.5. The monoisotopic (exact) mass is 477 g/mol. The Morgan fingerprint density at radius 2 is 1.89 bits per heavy atom. The second kappa shape index (κ2) is 10.3. The van der Waals surface area contributed by atoms with Crippen LogP contribution < -0.4 is 0 Å². The molecule has 1 saturated heterocycles. The van der Waals surface area contributed by atoms with Gasteiger partial charge in [0.15, 0.2) is 11.5 Å². The molecule has 3 aliphatic rings. The van der Waals surface area contributed by atoms with E-state index in [-0.39, 0.29) is 18.2 Å². The fraction of sp³-hybridized carbons (Fsp3) is 0.621. The van der Waals surface area contributed by atoms with E-state index in [1.165, 1.54) is 42.4 Å². The van der Waals surface area contributed by atoms with Crippen LogP contribution in [0, 0.1) is 19.8 Å². The first-order chi connectivity index (χ1) is 16.9. The summed E-state index contributed by atoms with van der Waals surface area (Å²) < 4.78 is 1.81. The van der Waals surface area contributed by atoms with Gasteiger partial charge in [-0.25, -0.2) is 0 Å². The van der Waals surface area contributed by atoms with Crippen molar-refractivity contribution in [3.05, 3.63) is 51.8 Å². The van der Waals surface area contributed by atoms with Crippen molar-refractivity contribution in [2.24, 2.45) is 5.92 Å². The highest BCUT2D eigenvalue weighted by molar-refractivity contribution is 5.94. The standard InChI is InChI=1S/C29H39N3O3/c1-19-5-3-6-25(20(19)2)22-12-9-21(10-13-22)11-14-23(33)18-32-27-8-4-7-26(27)28(30-32)29(35)31-16-15-24(34)17-31/h3,5-6,21-22,24,34H,4,7-18H2,1-2H3. The van der Waals surface area contributed by atoms with Crippen molar-refractivity contribution in [1.29, 1.82) is 0 Å². The van der Waals surface area contributed by atoms with Gasteiger partial charge in [-0.3, -0.25) is 14.3 Å². The first-order valence-corrected chi connectivity index (χ1v) is 13.5. The molecule has 1 aliphatic heterocycles. The number of rotatable bonds is 7. The van der Waals surface area contributed by atoms with E-state index in [0.717, 1.165) is 36.9 Å². The first kappa shape index (κ1) is 24.2. The molecular formula is C29H39N3O3. The zero-order valence-corrected chi connectivity index (χ0v) is 21.3. The van der Waals surface area contributed by atoms with Crippen molar-refractivity contribution in [2.45, 2.75) is 96.6 Å². The Morgan fingerprint density at radius 1 is 1.09 bits per heavy atom. The number of aliphatic hydroxyl groups excluding tert-OH is 1. The molecule has 0 radical (unpaired) electrons. The predicted octanol–water partition coefficient (Wildman–Crippen LogP) is 4.52. The van der Waals surface area contributed by atoms with Gasteiger partial charge in [-0.2, -0.15) is 5.10 Å². The summed E-state index contributed by atoms with van der Waals surface area (Å²) in [4.78, 5) is 27.6. The third-order valence-corrected chi connectivity index (χ3v) is 8.75. The lowest BCUT2D eigenvalue weighted by Gasteiger charge is -2.30. The van der Waals surface area contributed by atoms with Crippen LogP contribution in [0.2, 0.25) is 0 Å².